The van der Waals surface area contributed by atoms with Crippen LogP contribution in [0.1, 0.15) is 112 Å². The first-order chi connectivity index (χ1) is 15.1. The summed E-state index contributed by atoms with van der Waals surface area (Å²) in [6.07, 6.45) is 15.6. The standard InChI is InChI=1S/C6H4.5C4H9.C3H7.2Sn/c1-2-4-6-5-3-1;5*1-3-4-2;1-3-2;;/h1-2,5-6H;5*1,3-4H2,2H3;1,3H2,2H3;;. The molecule has 0 N–H and O–H groups in total. The third kappa shape index (κ3) is 9.53. The van der Waals surface area contributed by atoms with E-state index in [9.17, 15) is 0 Å². The van der Waals surface area contributed by atoms with Crippen molar-refractivity contribution in [1.82, 2.24) is 0 Å². The average molecular weight is 642 g/mol. The predicted molar refractivity (Wildman–Crippen MR) is 151 cm³/mol. The summed E-state index contributed by atoms with van der Waals surface area (Å²) in [5.41, 5.74) is 0. The first-order valence-corrected chi connectivity index (χ1v) is 29.1. The fraction of sp³-hybridized carbons (Fsp3) is 0.793. The molecule has 0 heterocycles. The third-order valence-electron chi connectivity index (χ3n) is 7.88. The second kappa shape index (κ2) is 17.3. The summed E-state index contributed by atoms with van der Waals surface area (Å²) >= 11 is -4.53. The molecule has 0 bridgehead atoms. The van der Waals surface area contributed by atoms with Crippen molar-refractivity contribution in [2.24, 2.45) is 0 Å². The molecule has 0 spiro atoms. The Morgan fingerprint density at radius 1 is 0.387 bits per heavy atom. The van der Waals surface area contributed by atoms with E-state index in [-0.39, 0.29) is 0 Å². The van der Waals surface area contributed by atoms with Crippen molar-refractivity contribution < 1.29 is 0 Å². The van der Waals surface area contributed by atoms with Crippen LogP contribution in [0.15, 0.2) is 24.3 Å². The van der Waals surface area contributed by atoms with E-state index < -0.39 is 36.8 Å². The molecule has 0 unspecified atom stereocenters. The van der Waals surface area contributed by atoms with Gasteiger partial charge in [-0.1, -0.05) is 0 Å². The fourth-order valence-corrected chi connectivity index (χ4v) is 37.5. The van der Waals surface area contributed by atoms with Crippen LogP contribution in [0.3, 0.4) is 0 Å². The minimum absolute atomic E-state index is 1.37. The van der Waals surface area contributed by atoms with Crippen molar-refractivity contribution in [3.8, 4) is 0 Å². The maximum atomic E-state index is 2.71. The molecule has 0 radical (unpaired) electrons. The van der Waals surface area contributed by atoms with Crippen LogP contribution >= 0.6 is 0 Å². The molecule has 0 atom stereocenters. The monoisotopic (exact) mass is 644 g/mol. The Hall–Kier alpha value is 0.817. The Kier molecular flexibility index (Phi) is 16.6. The van der Waals surface area contributed by atoms with E-state index in [4.69, 9.17) is 0 Å². The van der Waals surface area contributed by atoms with Crippen LogP contribution in [-0.2, 0) is 0 Å². The number of rotatable bonds is 19. The van der Waals surface area contributed by atoms with E-state index >= 15 is 0 Å². The third-order valence-corrected chi connectivity index (χ3v) is 39.6. The first-order valence-electron chi connectivity index (χ1n) is 14.2. The molecule has 0 amide bonds. The number of unbranched alkanes of at least 4 members (excludes halogenated alkanes) is 5. The Bertz CT molecular complexity index is 519. The molecule has 1 aromatic rings. The van der Waals surface area contributed by atoms with Gasteiger partial charge in [0.25, 0.3) is 0 Å². The van der Waals surface area contributed by atoms with E-state index in [1.165, 1.54) is 70.6 Å². The van der Waals surface area contributed by atoms with Gasteiger partial charge in [-0.3, -0.25) is 0 Å². The van der Waals surface area contributed by atoms with Gasteiger partial charge in [0.15, 0.2) is 0 Å². The average Bonchev–Trinajstić information content (AvgIpc) is 2.81. The summed E-state index contributed by atoms with van der Waals surface area (Å²) in [4.78, 5) is 0. The van der Waals surface area contributed by atoms with Gasteiger partial charge in [0, 0.05) is 0 Å². The quantitative estimate of drug-likeness (QED) is 0.132. The molecule has 31 heavy (non-hydrogen) atoms. The van der Waals surface area contributed by atoms with Gasteiger partial charge in [0.2, 0.25) is 0 Å². The summed E-state index contributed by atoms with van der Waals surface area (Å²) in [7, 11) is 0. The Morgan fingerprint density at radius 3 is 0.871 bits per heavy atom. The zero-order valence-corrected chi connectivity index (χ0v) is 28.0. The molecule has 0 saturated heterocycles. The zero-order chi connectivity index (χ0) is 23.0. The van der Waals surface area contributed by atoms with Gasteiger partial charge in [-0.05, 0) is 0 Å². The summed E-state index contributed by atoms with van der Waals surface area (Å²) in [6, 6.07) is 10.8. The zero-order valence-electron chi connectivity index (χ0n) is 22.3. The van der Waals surface area contributed by atoms with Gasteiger partial charge in [-0.25, -0.2) is 0 Å². The predicted octanol–water partition coefficient (Wildman–Crippen LogP) is 9.41. The Labute approximate surface area is 205 Å². The van der Waals surface area contributed by atoms with E-state index in [1.54, 1.807) is 26.6 Å². The van der Waals surface area contributed by atoms with Crippen molar-refractivity contribution >= 4 is 43.9 Å². The Morgan fingerprint density at radius 2 is 0.645 bits per heavy atom. The van der Waals surface area contributed by atoms with Gasteiger partial charge in [0.1, 0.15) is 0 Å². The van der Waals surface area contributed by atoms with Crippen LogP contribution in [0, 0.1) is 0 Å². The molecular weight excluding hydrogens is 586 g/mol. The molecule has 1 aromatic carbocycles. The van der Waals surface area contributed by atoms with Crippen LogP contribution in [0.4, 0.5) is 0 Å². The maximum absolute atomic E-state index is 2.71. The molecule has 0 nitrogen and oxygen atoms in total. The second-order valence-electron chi connectivity index (χ2n) is 10.4. The van der Waals surface area contributed by atoms with Gasteiger partial charge >= 0.3 is 207 Å². The summed E-state index contributed by atoms with van der Waals surface area (Å²) in [5, 5.41) is 0. The minimum atomic E-state index is -2.28. The first kappa shape index (κ1) is 29.8. The number of benzene rings is 1. The van der Waals surface area contributed by atoms with Gasteiger partial charge in [-0.2, -0.15) is 0 Å². The molecule has 0 aliphatic rings. The number of hydrogen-bond donors (Lipinski definition) is 0. The number of hydrogen-bond acceptors (Lipinski definition) is 0. The van der Waals surface area contributed by atoms with Crippen LogP contribution in [-0.4, -0.2) is 36.8 Å². The summed E-state index contributed by atoms with van der Waals surface area (Å²) in [6.45, 7) is 14.4. The molecule has 0 fully saturated rings. The summed E-state index contributed by atoms with van der Waals surface area (Å²) < 4.78 is 13.3. The van der Waals surface area contributed by atoms with Gasteiger partial charge in [-0.15, -0.1) is 0 Å². The molecule has 2 heteroatoms. The van der Waals surface area contributed by atoms with E-state index in [1.807, 2.05) is 7.16 Å². The van der Waals surface area contributed by atoms with Gasteiger partial charge in [0.05, 0.1) is 0 Å². The molecule has 0 aliphatic heterocycles. The van der Waals surface area contributed by atoms with Crippen LogP contribution in [0.25, 0.3) is 0 Å². The van der Waals surface area contributed by atoms with Gasteiger partial charge < -0.3 is 0 Å². The molecule has 0 aromatic heterocycles. The molecule has 1 rings (SSSR count). The Balaban J connectivity index is 3.32. The SMILES string of the molecule is CCC[CH2][Sn]([CH2]CC)([CH2]CCC)[c]1cc[c]([Sn]([CH2]CCC)([CH2]CCC)[CH2]CCC)cc1. The van der Waals surface area contributed by atoms with Crippen LogP contribution < -0.4 is 7.16 Å². The van der Waals surface area contributed by atoms with E-state index in [2.05, 4.69) is 65.8 Å². The topological polar surface area (TPSA) is 0 Å². The van der Waals surface area contributed by atoms with E-state index in [0.29, 0.717) is 0 Å². The van der Waals surface area contributed by atoms with E-state index in [0.717, 1.165) is 0 Å². The molecule has 180 valence electrons. The van der Waals surface area contributed by atoms with Crippen LogP contribution in [0.5, 0.6) is 0 Å². The molecule has 0 saturated carbocycles. The van der Waals surface area contributed by atoms with Crippen LogP contribution in [0.2, 0.25) is 26.6 Å². The fourth-order valence-electron chi connectivity index (χ4n) is 5.85. The normalized spacial score (nSPS) is 12.5. The van der Waals surface area contributed by atoms with Crippen molar-refractivity contribution in [2.75, 3.05) is 0 Å². The second-order valence-corrected chi connectivity index (χ2v) is 36.9. The molecule has 0 aliphatic carbocycles. The van der Waals surface area contributed by atoms with Crippen molar-refractivity contribution in [2.45, 2.75) is 139 Å². The van der Waals surface area contributed by atoms with Crippen molar-refractivity contribution in [3.63, 3.8) is 0 Å². The van der Waals surface area contributed by atoms with Crippen molar-refractivity contribution in [3.05, 3.63) is 24.3 Å². The summed E-state index contributed by atoms with van der Waals surface area (Å²) in [5.74, 6) is 0. The van der Waals surface area contributed by atoms with Crippen molar-refractivity contribution in [1.29, 1.82) is 0 Å². The molecular formula is C29H56Sn2.